The fourth-order valence-corrected chi connectivity index (χ4v) is 4.70. The summed E-state index contributed by atoms with van der Waals surface area (Å²) in [6, 6.07) is 6.76. The van der Waals surface area contributed by atoms with Gasteiger partial charge in [-0.05, 0) is 12.8 Å². The van der Waals surface area contributed by atoms with Gasteiger partial charge in [0.2, 0.25) is 0 Å². The molecule has 180 valence electrons. The number of hydrogen-bond donors (Lipinski definition) is 0. The Morgan fingerprint density at radius 1 is 0.484 bits per heavy atom. The average Bonchev–Trinajstić information content (AvgIpc) is 2.79. The molecular weight excluding hydrogens is 374 g/mol. The number of pyridine rings is 1. The van der Waals surface area contributed by atoms with Crippen molar-refractivity contribution in [3.05, 3.63) is 30.1 Å². The van der Waals surface area contributed by atoms with Crippen molar-refractivity contribution in [3.8, 4) is 0 Å². The fraction of sp³-hybridized carbons (Fsp3) is 0.833. The van der Waals surface area contributed by atoms with Crippen LogP contribution in [0.4, 0.5) is 0 Å². The van der Waals surface area contributed by atoms with Crippen LogP contribution in [0.1, 0.15) is 154 Å². The average molecular weight is 431 g/mol. The smallest absolute Gasteiger partial charge is 0.181 e. The predicted molar refractivity (Wildman–Crippen MR) is 139 cm³/mol. The van der Waals surface area contributed by atoms with Crippen molar-refractivity contribution in [1.29, 1.82) is 0 Å². The van der Waals surface area contributed by atoms with Gasteiger partial charge >= 0.3 is 0 Å². The first-order chi connectivity index (χ1) is 15.4. The van der Waals surface area contributed by atoms with Crippen LogP contribution < -0.4 is 4.57 Å². The first kappa shape index (κ1) is 28.2. The Labute approximate surface area is 196 Å². The molecule has 0 atom stereocenters. The Hall–Kier alpha value is -0.850. The van der Waals surface area contributed by atoms with E-state index in [9.17, 15) is 0 Å². The van der Waals surface area contributed by atoms with Gasteiger partial charge in [0.25, 0.3) is 0 Å². The highest BCUT2D eigenvalue weighted by molar-refractivity contribution is 4.97. The molecular formula is C30H56N+. The zero-order valence-corrected chi connectivity index (χ0v) is 21.5. The molecule has 1 heterocycles. The number of rotatable bonds is 23. The minimum atomic E-state index is 1.21. The number of hydrogen-bond acceptors (Lipinski definition) is 0. The lowest BCUT2D eigenvalue weighted by Gasteiger charge is -2.05. The largest absolute Gasteiger partial charge is 0.202 e. The Kier molecular flexibility index (Phi) is 20.3. The number of aromatic nitrogens is 1. The topological polar surface area (TPSA) is 3.88 Å². The summed E-state index contributed by atoms with van der Waals surface area (Å²) < 4.78 is 2.51. The standard InChI is InChI=1S/C30H56N/c1-3-5-7-9-10-11-12-13-14-15-16-17-18-19-20-22-26-30-27-23-25-29-31(30)28-24-21-8-6-4-2/h23,25,27,29H,3-22,24,26,28H2,1-2H3/q+1. The summed E-state index contributed by atoms with van der Waals surface area (Å²) in [5.41, 5.74) is 1.54. The van der Waals surface area contributed by atoms with Gasteiger partial charge in [0.15, 0.2) is 11.9 Å². The van der Waals surface area contributed by atoms with Gasteiger partial charge in [0.05, 0.1) is 0 Å². The first-order valence-electron chi connectivity index (χ1n) is 14.4. The molecule has 0 spiro atoms. The van der Waals surface area contributed by atoms with Gasteiger partial charge in [0, 0.05) is 25.0 Å². The molecule has 0 amide bonds. The lowest BCUT2D eigenvalue weighted by Crippen LogP contribution is -2.37. The van der Waals surface area contributed by atoms with E-state index >= 15 is 0 Å². The molecule has 0 aromatic carbocycles. The van der Waals surface area contributed by atoms with E-state index in [1.807, 2.05) is 0 Å². The number of nitrogens with zero attached hydrogens (tertiary/aromatic N) is 1. The maximum Gasteiger partial charge on any atom is 0.181 e. The van der Waals surface area contributed by atoms with Crippen LogP contribution in [0.15, 0.2) is 24.4 Å². The minimum Gasteiger partial charge on any atom is -0.202 e. The molecule has 0 saturated carbocycles. The van der Waals surface area contributed by atoms with E-state index in [1.165, 1.54) is 148 Å². The number of aryl methyl sites for hydroxylation is 2. The molecule has 0 aliphatic carbocycles. The van der Waals surface area contributed by atoms with Crippen molar-refractivity contribution in [2.24, 2.45) is 0 Å². The van der Waals surface area contributed by atoms with E-state index < -0.39 is 0 Å². The lowest BCUT2D eigenvalue weighted by molar-refractivity contribution is -0.704. The van der Waals surface area contributed by atoms with E-state index in [4.69, 9.17) is 0 Å². The summed E-state index contributed by atoms with van der Waals surface area (Å²) in [4.78, 5) is 0. The van der Waals surface area contributed by atoms with Crippen LogP contribution in [-0.2, 0) is 13.0 Å². The minimum absolute atomic E-state index is 1.21. The van der Waals surface area contributed by atoms with Gasteiger partial charge in [0.1, 0.15) is 6.54 Å². The zero-order valence-electron chi connectivity index (χ0n) is 21.5. The first-order valence-corrected chi connectivity index (χ1v) is 14.4. The summed E-state index contributed by atoms with van der Waals surface area (Å²) in [5, 5.41) is 0. The van der Waals surface area contributed by atoms with Crippen LogP contribution in [0.3, 0.4) is 0 Å². The van der Waals surface area contributed by atoms with Crippen LogP contribution in [0.5, 0.6) is 0 Å². The fourth-order valence-electron chi connectivity index (χ4n) is 4.70. The molecule has 0 unspecified atom stereocenters. The summed E-state index contributed by atoms with van der Waals surface area (Å²) in [5.74, 6) is 0. The van der Waals surface area contributed by atoms with E-state index in [2.05, 4.69) is 42.8 Å². The maximum absolute atomic E-state index is 2.51. The molecule has 1 heteroatoms. The third kappa shape index (κ3) is 17.4. The highest BCUT2D eigenvalue weighted by atomic mass is 14.9. The third-order valence-corrected chi connectivity index (χ3v) is 6.82. The monoisotopic (exact) mass is 430 g/mol. The van der Waals surface area contributed by atoms with Gasteiger partial charge in [-0.1, -0.05) is 135 Å². The van der Waals surface area contributed by atoms with Crippen molar-refractivity contribution in [1.82, 2.24) is 0 Å². The highest BCUT2D eigenvalue weighted by Crippen LogP contribution is 2.14. The molecule has 0 fully saturated rings. The third-order valence-electron chi connectivity index (χ3n) is 6.82. The highest BCUT2D eigenvalue weighted by Gasteiger charge is 2.08. The second kappa shape index (κ2) is 22.3. The van der Waals surface area contributed by atoms with Crippen LogP contribution in [-0.4, -0.2) is 0 Å². The van der Waals surface area contributed by atoms with Crippen molar-refractivity contribution < 1.29 is 4.57 Å². The Morgan fingerprint density at radius 3 is 1.39 bits per heavy atom. The summed E-state index contributed by atoms with van der Waals surface area (Å²) in [7, 11) is 0. The second-order valence-corrected chi connectivity index (χ2v) is 9.85. The van der Waals surface area contributed by atoms with Crippen molar-refractivity contribution in [2.75, 3.05) is 0 Å². The van der Waals surface area contributed by atoms with Crippen LogP contribution in [0, 0.1) is 0 Å². The Bertz CT molecular complexity index is 481. The molecule has 1 aromatic heterocycles. The summed E-state index contributed by atoms with van der Waals surface area (Å²) >= 11 is 0. The van der Waals surface area contributed by atoms with E-state index in [0.29, 0.717) is 0 Å². The normalized spacial score (nSPS) is 11.3. The van der Waals surface area contributed by atoms with Gasteiger partial charge in [-0.15, -0.1) is 0 Å². The summed E-state index contributed by atoms with van der Waals surface area (Å²) in [6.07, 6.45) is 33.5. The van der Waals surface area contributed by atoms with E-state index in [-0.39, 0.29) is 0 Å². The maximum atomic E-state index is 2.51. The zero-order chi connectivity index (χ0) is 22.2. The summed E-state index contributed by atoms with van der Waals surface area (Å²) in [6.45, 7) is 5.80. The van der Waals surface area contributed by atoms with Crippen LogP contribution in [0.2, 0.25) is 0 Å². The molecule has 0 bridgehead atoms. The molecule has 31 heavy (non-hydrogen) atoms. The van der Waals surface area contributed by atoms with Gasteiger partial charge < -0.3 is 0 Å². The van der Waals surface area contributed by atoms with E-state index in [0.717, 1.165) is 0 Å². The van der Waals surface area contributed by atoms with E-state index in [1.54, 1.807) is 5.69 Å². The van der Waals surface area contributed by atoms with Gasteiger partial charge in [-0.2, -0.15) is 0 Å². The van der Waals surface area contributed by atoms with Crippen molar-refractivity contribution in [2.45, 2.75) is 162 Å². The Morgan fingerprint density at radius 2 is 0.903 bits per heavy atom. The predicted octanol–water partition coefficient (Wildman–Crippen LogP) is 9.75. The van der Waals surface area contributed by atoms with Crippen molar-refractivity contribution >= 4 is 0 Å². The molecule has 0 saturated heterocycles. The van der Waals surface area contributed by atoms with Crippen molar-refractivity contribution in [3.63, 3.8) is 0 Å². The Balaban J connectivity index is 1.91. The second-order valence-electron chi connectivity index (χ2n) is 9.85. The number of unbranched alkanes of at least 4 members (excludes halogenated alkanes) is 19. The molecule has 1 rings (SSSR count). The molecule has 1 aromatic rings. The van der Waals surface area contributed by atoms with Gasteiger partial charge in [-0.3, -0.25) is 0 Å². The lowest BCUT2D eigenvalue weighted by atomic mass is 10.0. The SMILES string of the molecule is CCCCCCCCCCCCCCCCCCc1cccc[n+]1CCCCCCC. The van der Waals surface area contributed by atoms with Crippen LogP contribution in [0.25, 0.3) is 0 Å². The quantitative estimate of drug-likeness (QED) is 0.120. The molecule has 0 N–H and O–H groups in total. The molecule has 0 aliphatic rings. The molecule has 0 aliphatic heterocycles. The molecule has 1 nitrogen and oxygen atoms in total. The van der Waals surface area contributed by atoms with Gasteiger partial charge in [-0.25, -0.2) is 4.57 Å². The van der Waals surface area contributed by atoms with Crippen LogP contribution >= 0.6 is 0 Å². The molecule has 0 radical (unpaired) electrons.